The fourth-order valence-electron chi connectivity index (χ4n) is 3.16. The second-order valence-electron chi connectivity index (χ2n) is 6.97. The molecule has 0 saturated heterocycles. The number of benzene rings is 1. The monoisotopic (exact) mass is 392 g/mol. The minimum atomic E-state index is -0.978. The number of anilines is 1. The molecule has 27 heavy (non-hydrogen) atoms. The first kappa shape index (κ1) is 21.1. The highest BCUT2D eigenvalue weighted by molar-refractivity contribution is 5.99. The fourth-order valence-corrected chi connectivity index (χ4v) is 3.16. The molecule has 146 valence electrons. The lowest BCUT2D eigenvalue weighted by Crippen LogP contribution is -2.74. The number of ether oxygens (including phenoxy) is 2. The first-order valence-electron chi connectivity index (χ1n) is 8.62. The number of carbonyl (C=O) groups excluding carboxylic acids is 1. The van der Waals surface area contributed by atoms with Gasteiger partial charge < -0.3 is 20.5 Å². The Kier molecular flexibility index (Phi) is 6.41. The number of nitrogens with one attached hydrogen (secondary N) is 1. The molecule has 2 unspecified atom stereocenters. The van der Waals surface area contributed by atoms with Crippen LogP contribution >= 0.6 is 12.4 Å². The second-order valence-corrected chi connectivity index (χ2v) is 6.97. The van der Waals surface area contributed by atoms with Gasteiger partial charge in [0.1, 0.15) is 11.3 Å². The Morgan fingerprint density at radius 3 is 2.78 bits per heavy atom. The smallest absolute Gasteiger partial charge is 0.245 e. The molecular weight excluding hydrogens is 368 g/mol. The van der Waals surface area contributed by atoms with Gasteiger partial charge >= 0.3 is 0 Å². The van der Waals surface area contributed by atoms with Crippen molar-refractivity contribution in [2.24, 2.45) is 11.1 Å². The quantitative estimate of drug-likeness (QED) is 0.783. The van der Waals surface area contributed by atoms with Gasteiger partial charge in [-0.15, -0.1) is 12.4 Å². The Morgan fingerprint density at radius 2 is 2.15 bits per heavy atom. The molecule has 0 aliphatic heterocycles. The lowest BCUT2D eigenvalue weighted by atomic mass is 9.54. The van der Waals surface area contributed by atoms with Crippen LogP contribution in [0.1, 0.15) is 27.2 Å². The van der Waals surface area contributed by atoms with Crippen LogP contribution in [-0.4, -0.2) is 34.1 Å². The predicted molar refractivity (Wildman–Crippen MR) is 105 cm³/mol. The molecule has 2 atom stereocenters. The van der Waals surface area contributed by atoms with Gasteiger partial charge in [-0.3, -0.25) is 9.78 Å². The second kappa shape index (κ2) is 8.21. The minimum absolute atomic E-state index is 0. The topological polar surface area (TPSA) is 99.4 Å². The molecule has 0 spiro atoms. The van der Waals surface area contributed by atoms with Crippen molar-refractivity contribution in [2.45, 2.75) is 38.8 Å². The zero-order chi connectivity index (χ0) is 18.8. The summed E-state index contributed by atoms with van der Waals surface area (Å²) >= 11 is 0. The molecule has 0 bridgehead atoms. The van der Waals surface area contributed by atoms with E-state index >= 15 is 0 Å². The maximum Gasteiger partial charge on any atom is 0.245 e. The Labute approximate surface area is 165 Å². The summed E-state index contributed by atoms with van der Waals surface area (Å²) in [5, 5.41) is 2.89. The number of nitrogens with two attached hydrogens (primary N) is 1. The molecule has 1 aliphatic carbocycles. The number of hydrogen-bond donors (Lipinski definition) is 2. The molecule has 0 radical (unpaired) electrons. The van der Waals surface area contributed by atoms with Crippen LogP contribution in [0.25, 0.3) is 0 Å². The van der Waals surface area contributed by atoms with Crippen LogP contribution in [0.3, 0.4) is 0 Å². The van der Waals surface area contributed by atoms with E-state index in [1.165, 1.54) is 6.20 Å². The van der Waals surface area contributed by atoms with Gasteiger partial charge in [0.05, 0.1) is 12.3 Å². The molecule has 1 amide bonds. The number of halogens is 1. The van der Waals surface area contributed by atoms with Crippen LogP contribution in [0.4, 0.5) is 5.69 Å². The van der Waals surface area contributed by atoms with Crippen molar-refractivity contribution in [1.29, 1.82) is 0 Å². The highest BCUT2D eigenvalue weighted by Crippen LogP contribution is 2.50. The fraction of sp³-hybridized carbons (Fsp3) is 0.421. The van der Waals surface area contributed by atoms with Gasteiger partial charge in [0, 0.05) is 42.6 Å². The van der Waals surface area contributed by atoms with Gasteiger partial charge in [0.2, 0.25) is 11.8 Å². The van der Waals surface area contributed by atoms with Crippen molar-refractivity contribution in [3.8, 4) is 11.6 Å². The Balaban J connectivity index is 0.00000261. The summed E-state index contributed by atoms with van der Waals surface area (Å²) in [4.78, 5) is 20.8. The van der Waals surface area contributed by atoms with E-state index in [1.807, 2.05) is 20.8 Å². The normalized spacial score (nSPS) is 22.9. The molecule has 1 aliphatic rings. The van der Waals surface area contributed by atoms with Gasteiger partial charge in [-0.2, -0.15) is 0 Å². The molecular formula is C19H25ClN4O3. The van der Waals surface area contributed by atoms with E-state index < -0.39 is 11.0 Å². The molecule has 2 aromatic rings. The third kappa shape index (κ3) is 4.05. The summed E-state index contributed by atoms with van der Waals surface area (Å²) in [6, 6.07) is 7.08. The molecule has 8 heteroatoms. The van der Waals surface area contributed by atoms with E-state index in [-0.39, 0.29) is 24.4 Å². The van der Waals surface area contributed by atoms with Crippen molar-refractivity contribution in [3.63, 3.8) is 0 Å². The molecule has 1 fully saturated rings. The van der Waals surface area contributed by atoms with E-state index in [0.29, 0.717) is 30.3 Å². The van der Waals surface area contributed by atoms with Gasteiger partial charge in [-0.1, -0.05) is 19.9 Å². The van der Waals surface area contributed by atoms with Gasteiger partial charge in [0.25, 0.3) is 0 Å². The van der Waals surface area contributed by atoms with E-state index in [2.05, 4.69) is 15.3 Å². The average molecular weight is 393 g/mol. The third-order valence-corrected chi connectivity index (χ3v) is 5.09. The van der Waals surface area contributed by atoms with Gasteiger partial charge in [-0.25, -0.2) is 4.98 Å². The lowest BCUT2D eigenvalue weighted by Gasteiger charge is -2.57. The Hall–Kier alpha value is -2.22. The van der Waals surface area contributed by atoms with Crippen LogP contribution in [0.5, 0.6) is 11.6 Å². The Morgan fingerprint density at radius 1 is 1.37 bits per heavy atom. The number of amides is 1. The summed E-state index contributed by atoms with van der Waals surface area (Å²) in [6.07, 6.45) is 5.11. The first-order valence-corrected chi connectivity index (χ1v) is 8.62. The summed E-state index contributed by atoms with van der Waals surface area (Å²) < 4.78 is 11.3. The van der Waals surface area contributed by atoms with Crippen molar-refractivity contribution < 1.29 is 14.3 Å². The molecule has 1 saturated carbocycles. The summed E-state index contributed by atoms with van der Waals surface area (Å²) in [7, 11) is 0. The third-order valence-electron chi connectivity index (χ3n) is 5.09. The zero-order valence-corrected chi connectivity index (χ0v) is 16.5. The SMILES string of the molecule is CCOC1CC(N)(C(=O)Nc2cccc(Oc3cnccn3)c2)C1(C)C.Cl. The number of hydrogen-bond acceptors (Lipinski definition) is 6. The molecule has 7 nitrogen and oxygen atoms in total. The lowest BCUT2D eigenvalue weighted by molar-refractivity contribution is -0.166. The highest BCUT2D eigenvalue weighted by atomic mass is 35.5. The standard InChI is InChI=1S/C19H24N4O3.ClH/c1-4-25-15-11-19(20,18(15,2)3)17(24)23-13-6-5-7-14(10-13)26-16-12-21-8-9-22-16;/h5-10,12,15H,4,11,20H2,1-3H3,(H,23,24);1H. The van der Waals surface area contributed by atoms with Crippen molar-refractivity contribution in [1.82, 2.24) is 9.97 Å². The van der Waals surface area contributed by atoms with Crippen LogP contribution in [-0.2, 0) is 9.53 Å². The molecule has 3 N–H and O–H groups in total. The number of aromatic nitrogens is 2. The summed E-state index contributed by atoms with van der Waals surface area (Å²) in [5.74, 6) is 0.704. The number of nitrogens with zero attached hydrogens (tertiary/aromatic N) is 2. The van der Waals surface area contributed by atoms with Gasteiger partial charge in [-0.05, 0) is 19.1 Å². The summed E-state index contributed by atoms with van der Waals surface area (Å²) in [6.45, 7) is 6.47. The van der Waals surface area contributed by atoms with Crippen LogP contribution in [0.2, 0.25) is 0 Å². The zero-order valence-electron chi connectivity index (χ0n) is 15.6. The number of rotatable bonds is 6. The van der Waals surface area contributed by atoms with E-state index in [1.54, 1.807) is 36.7 Å². The summed E-state index contributed by atoms with van der Waals surface area (Å²) in [5.41, 5.74) is 5.60. The predicted octanol–water partition coefficient (Wildman–Crippen LogP) is 3.16. The maximum atomic E-state index is 12.8. The molecule has 3 rings (SSSR count). The van der Waals surface area contributed by atoms with Crippen molar-refractivity contribution in [3.05, 3.63) is 42.9 Å². The highest BCUT2D eigenvalue weighted by Gasteiger charge is 2.62. The van der Waals surface area contributed by atoms with Crippen molar-refractivity contribution >= 4 is 24.0 Å². The largest absolute Gasteiger partial charge is 0.437 e. The van der Waals surface area contributed by atoms with Crippen LogP contribution < -0.4 is 15.8 Å². The van der Waals surface area contributed by atoms with E-state index in [4.69, 9.17) is 15.2 Å². The van der Waals surface area contributed by atoms with E-state index in [0.717, 1.165) is 0 Å². The maximum absolute atomic E-state index is 12.8. The average Bonchev–Trinajstić information content (AvgIpc) is 2.62. The molecule has 1 aromatic heterocycles. The molecule has 1 aromatic carbocycles. The van der Waals surface area contributed by atoms with Gasteiger partial charge in [0.15, 0.2) is 0 Å². The minimum Gasteiger partial charge on any atom is -0.437 e. The van der Waals surface area contributed by atoms with Crippen LogP contribution in [0, 0.1) is 5.41 Å². The van der Waals surface area contributed by atoms with Crippen LogP contribution in [0.15, 0.2) is 42.9 Å². The van der Waals surface area contributed by atoms with Crippen molar-refractivity contribution in [2.75, 3.05) is 11.9 Å². The number of carbonyl (C=O) groups is 1. The first-order chi connectivity index (χ1) is 12.4. The van der Waals surface area contributed by atoms with E-state index in [9.17, 15) is 4.79 Å². The molecule has 1 heterocycles. The Bertz CT molecular complexity index is 788.